The molecular formula is C27H24N4O3S. The number of anilines is 1. The van der Waals surface area contributed by atoms with Crippen molar-refractivity contribution in [3.63, 3.8) is 0 Å². The van der Waals surface area contributed by atoms with Crippen molar-refractivity contribution >= 4 is 29.0 Å². The lowest BCUT2D eigenvalue weighted by Gasteiger charge is -2.29. The molecule has 176 valence electrons. The third-order valence-electron chi connectivity index (χ3n) is 5.98. The first-order valence-corrected chi connectivity index (χ1v) is 11.7. The van der Waals surface area contributed by atoms with Crippen LogP contribution in [0.4, 0.5) is 5.69 Å². The van der Waals surface area contributed by atoms with E-state index in [0.717, 1.165) is 28.5 Å². The molecule has 2 aromatic carbocycles. The highest BCUT2D eigenvalue weighted by Gasteiger charge is 2.42. The largest absolute Gasteiger partial charge is 0.494 e. The van der Waals surface area contributed by atoms with Gasteiger partial charge in [0.15, 0.2) is 5.11 Å². The normalized spacial score (nSPS) is 17.3. The summed E-state index contributed by atoms with van der Waals surface area (Å²) in [4.78, 5) is 18.3. The molecule has 0 radical (unpaired) electrons. The number of hydrogen-bond donors (Lipinski definition) is 2. The summed E-state index contributed by atoms with van der Waals surface area (Å²) in [5.74, 6) is -0.173. The maximum absolute atomic E-state index is 11.6. The number of nitrogens with one attached hydrogen (secondary N) is 1. The van der Waals surface area contributed by atoms with Crippen molar-refractivity contribution in [1.29, 1.82) is 0 Å². The molecular weight excluding hydrogens is 460 g/mol. The summed E-state index contributed by atoms with van der Waals surface area (Å²) in [5.41, 5.74) is 3.71. The number of ether oxygens (including phenoxy) is 1. The van der Waals surface area contributed by atoms with Gasteiger partial charge >= 0.3 is 5.97 Å². The topological polar surface area (TPSA) is 79.6 Å². The summed E-state index contributed by atoms with van der Waals surface area (Å²) in [6, 6.07) is 24.1. The molecule has 7 nitrogen and oxygen atoms in total. The number of carboxylic acids is 1. The maximum Gasteiger partial charge on any atom is 0.335 e. The zero-order valence-electron chi connectivity index (χ0n) is 19.0. The van der Waals surface area contributed by atoms with Gasteiger partial charge in [0.2, 0.25) is 0 Å². The SMILES string of the molecule is CCOc1ccc(N2C(=S)NC(c3ccccn3)C2c2cccn2-c2cccc(C(=O)O)c2)cc1. The van der Waals surface area contributed by atoms with Gasteiger partial charge in [-0.25, -0.2) is 4.79 Å². The molecule has 2 unspecified atom stereocenters. The monoisotopic (exact) mass is 484 g/mol. The van der Waals surface area contributed by atoms with Gasteiger partial charge in [-0.3, -0.25) is 4.98 Å². The summed E-state index contributed by atoms with van der Waals surface area (Å²) in [6.07, 6.45) is 3.70. The van der Waals surface area contributed by atoms with E-state index in [1.54, 1.807) is 24.4 Å². The quantitative estimate of drug-likeness (QED) is 0.351. The smallest absolute Gasteiger partial charge is 0.335 e. The molecule has 1 saturated heterocycles. The number of rotatable bonds is 7. The molecule has 2 aromatic heterocycles. The van der Waals surface area contributed by atoms with E-state index in [-0.39, 0.29) is 17.6 Å². The molecule has 35 heavy (non-hydrogen) atoms. The molecule has 2 atom stereocenters. The minimum atomic E-state index is -0.966. The minimum Gasteiger partial charge on any atom is -0.494 e. The van der Waals surface area contributed by atoms with Gasteiger partial charge in [-0.1, -0.05) is 12.1 Å². The highest BCUT2D eigenvalue weighted by atomic mass is 32.1. The van der Waals surface area contributed by atoms with E-state index in [4.69, 9.17) is 17.0 Å². The number of thiocarbonyl (C=S) groups is 1. The van der Waals surface area contributed by atoms with Crippen molar-refractivity contribution in [3.05, 3.63) is 108 Å². The average Bonchev–Trinajstić information content (AvgIpc) is 3.50. The van der Waals surface area contributed by atoms with E-state index in [1.165, 1.54) is 0 Å². The van der Waals surface area contributed by atoms with E-state index >= 15 is 0 Å². The molecule has 0 aliphatic carbocycles. The Balaban J connectivity index is 1.63. The van der Waals surface area contributed by atoms with Crippen LogP contribution in [-0.4, -0.2) is 32.3 Å². The first kappa shape index (κ1) is 22.6. The second kappa shape index (κ2) is 9.60. The Hall–Kier alpha value is -4.17. The van der Waals surface area contributed by atoms with Crippen LogP contribution in [0, 0.1) is 0 Å². The molecule has 0 amide bonds. The highest BCUT2D eigenvalue weighted by molar-refractivity contribution is 7.80. The fraction of sp³-hybridized carbons (Fsp3) is 0.148. The van der Waals surface area contributed by atoms with Crippen LogP contribution in [-0.2, 0) is 0 Å². The number of carbonyl (C=O) groups is 1. The van der Waals surface area contributed by atoms with E-state index in [0.29, 0.717) is 11.7 Å². The van der Waals surface area contributed by atoms with E-state index in [9.17, 15) is 9.90 Å². The van der Waals surface area contributed by atoms with Crippen LogP contribution in [0.5, 0.6) is 5.75 Å². The van der Waals surface area contributed by atoms with E-state index in [2.05, 4.69) is 15.2 Å². The lowest BCUT2D eigenvalue weighted by atomic mass is 10.0. The van der Waals surface area contributed by atoms with Gasteiger partial charge < -0.3 is 24.6 Å². The number of pyridine rings is 1. The molecule has 0 saturated carbocycles. The second-order valence-corrected chi connectivity index (χ2v) is 8.47. The molecule has 1 fully saturated rings. The number of benzene rings is 2. The number of nitrogens with zero attached hydrogens (tertiary/aromatic N) is 3. The van der Waals surface area contributed by atoms with Crippen LogP contribution in [0.2, 0.25) is 0 Å². The van der Waals surface area contributed by atoms with Crippen molar-refractivity contribution in [2.45, 2.75) is 19.0 Å². The Labute approximate surface area is 208 Å². The summed E-state index contributed by atoms with van der Waals surface area (Å²) in [5, 5.41) is 13.5. The number of hydrogen-bond acceptors (Lipinski definition) is 4. The zero-order chi connectivity index (χ0) is 24.4. The lowest BCUT2D eigenvalue weighted by Crippen LogP contribution is -2.30. The first-order valence-electron chi connectivity index (χ1n) is 11.3. The van der Waals surface area contributed by atoms with Crippen LogP contribution in [0.3, 0.4) is 0 Å². The molecule has 1 aliphatic heterocycles. The summed E-state index contributed by atoms with van der Waals surface area (Å²) in [7, 11) is 0. The van der Waals surface area contributed by atoms with Crippen molar-refractivity contribution in [1.82, 2.24) is 14.9 Å². The summed E-state index contributed by atoms with van der Waals surface area (Å²) >= 11 is 5.82. The first-order chi connectivity index (χ1) is 17.1. The van der Waals surface area contributed by atoms with Gasteiger partial charge in [0, 0.05) is 29.5 Å². The minimum absolute atomic E-state index is 0.216. The Morgan fingerprint density at radius 2 is 1.89 bits per heavy atom. The van der Waals surface area contributed by atoms with E-state index in [1.807, 2.05) is 78.4 Å². The standard InChI is InChI=1S/C27H24N4O3S/c1-2-34-21-13-11-19(12-14-21)31-25(24(29-27(31)35)22-9-3-4-15-28-22)23-10-6-16-30(23)20-8-5-7-18(17-20)26(32)33/h3-17,24-25H,2H2,1H3,(H,29,35)(H,32,33). The number of aromatic nitrogens is 2. The van der Waals surface area contributed by atoms with Crippen LogP contribution in [0.1, 0.15) is 40.8 Å². The molecule has 8 heteroatoms. The van der Waals surface area contributed by atoms with Gasteiger partial charge in [-0.15, -0.1) is 0 Å². The molecule has 4 aromatic rings. The molecule has 3 heterocycles. The van der Waals surface area contributed by atoms with Crippen molar-refractivity contribution in [2.75, 3.05) is 11.5 Å². The molecule has 0 spiro atoms. The van der Waals surface area contributed by atoms with E-state index < -0.39 is 5.97 Å². The lowest BCUT2D eigenvalue weighted by molar-refractivity contribution is 0.0697. The average molecular weight is 485 g/mol. The fourth-order valence-corrected chi connectivity index (χ4v) is 4.81. The van der Waals surface area contributed by atoms with Crippen LogP contribution < -0.4 is 15.0 Å². The third-order valence-corrected chi connectivity index (χ3v) is 6.29. The fourth-order valence-electron chi connectivity index (χ4n) is 4.46. The van der Waals surface area contributed by atoms with Gasteiger partial charge in [0.05, 0.1) is 23.9 Å². The summed E-state index contributed by atoms with van der Waals surface area (Å²) in [6.45, 7) is 2.55. The molecule has 0 bridgehead atoms. The molecule has 1 aliphatic rings. The third kappa shape index (κ3) is 4.36. The Kier molecular flexibility index (Phi) is 6.20. The van der Waals surface area contributed by atoms with Gasteiger partial charge in [-0.05, 0) is 85.9 Å². The van der Waals surface area contributed by atoms with Gasteiger partial charge in [0.25, 0.3) is 0 Å². The maximum atomic E-state index is 11.6. The van der Waals surface area contributed by atoms with Gasteiger partial charge in [-0.2, -0.15) is 0 Å². The highest BCUT2D eigenvalue weighted by Crippen LogP contribution is 2.42. The van der Waals surface area contributed by atoms with Crippen molar-refractivity contribution in [3.8, 4) is 11.4 Å². The van der Waals surface area contributed by atoms with Crippen LogP contribution >= 0.6 is 12.2 Å². The summed E-state index contributed by atoms with van der Waals surface area (Å²) < 4.78 is 7.62. The Morgan fingerprint density at radius 3 is 2.60 bits per heavy atom. The Morgan fingerprint density at radius 1 is 1.06 bits per heavy atom. The van der Waals surface area contributed by atoms with Crippen molar-refractivity contribution < 1.29 is 14.6 Å². The predicted octanol–water partition coefficient (Wildman–Crippen LogP) is 5.15. The van der Waals surface area contributed by atoms with Gasteiger partial charge in [0.1, 0.15) is 11.8 Å². The zero-order valence-corrected chi connectivity index (χ0v) is 19.9. The molecule has 5 rings (SSSR count). The second-order valence-electron chi connectivity index (χ2n) is 8.08. The van der Waals surface area contributed by atoms with Crippen LogP contribution in [0.15, 0.2) is 91.3 Å². The Bertz CT molecular complexity index is 1350. The van der Waals surface area contributed by atoms with Crippen LogP contribution in [0.25, 0.3) is 5.69 Å². The van der Waals surface area contributed by atoms with Crippen molar-refractivity contribution in [2.24, 2.45) is 0 Å². The molecule has 2 N–H and O–H groups in total. The number of aromatic carboxylic acids is 1. The predicted molar refractivity (Wildman–Crippen MR) is 138 cm³/mol. The number of carboxylic acid groups (broad SMARTS) is 1.